The molecule has 0 fully saturated rings. The molecule has 0 saturated carbocycles. The van der Waals surface area contributed by atoms with Crippen LogP contribution in [0.1, 0.15) is 13.8 Å². The van der Waals surface area contributed by atoms with Crippen LogP contribution in [-0.2, 0) is 4.43 Å². The average molecular weight is 405 g/mol. The quantitative estimate of drug-likeness (QED) is 0.318. The maximum absolute atomic E-state index is 13.5. The predicted molar refractivity (Wildman–Crippen MR) is 59.0 cm³/mol. The van der Waals surface area contributed by atoms with Crippen LogP contribution in [0.25, 0.3) is 0 Å². The van der Waals surface area contributed by atoms with Gasteiger partial charge in [-0.15, -0.1) is 11.1 Å². The maximum atomic E-state index is 13.5. The Labute approximate surface area is 127 Å². The lowest BCUT2D eigenvalue weighted by atomic mass is 10.00. The minimum absolute atomic E-state index is 0.679. The van der Waals surface area contributed by atoms with E-state index < -0.39 is 56.0 Å². The Balaban J connectivity index is 7.21. The van der Waals surface area contributed by atoms with Crippen LogP contribution < -0.4 is 0 Å². The van der Waals surface area contributed by atoms with E-state index in [9.17, 15) is 48.3 Å². The van der Waals surface area contributed by atoms with E-state index in [2.05, 4.69) is 4.43 Å². The Morgan fingerprint density at radius 2 is 1.26 bits per heavy atom. The fourth-order valence-corrected chi connectivity index (χ4v) is 6.25. The van der Waals surface area contributed by atoms with E-state index in [0.717, 1.165) is 0 Å². The van der Waals surface area contributed by atoms with E-state index >= 15 is 0 Å². The first-order chi connectivity index (χ1) is 9.91. The van der Waals surface area contributed by atoms with Gasteiger partial charge in [-0.25, -0.2) is 13.2 Å². The minimum Gasteiger partial charge on any atom is -0.398 e. The summed E-state index contributed by atoms with van der Waals surface area (Å²) in [6.07, 6.45) is -17.6. The molecular formula is C9H8ClF11OSi. The molecule has 0 aromatic carbocycles. The van der Waals surface area contributed by atoms with Gasteiger partial charge < -0.3 is 4.43 Å². The van der Waals surface area contributed by atoms with E-state index in [0.29, 0.717) is 6.92 Å². The van der Waals surface area contributed by atoms with Crippen molar-refractivity contribution in [2.45, 2.75) is 37.2 Å². The molecule has 23 heavy (non-hydrogen) atoms. The van der Waals surface area contributed by atoms with Crippen molar-refractivity contribution < 1.29 is 52.7 Å². The van der Waals surface area contributed by atoms with Crippen LogP contribution in [0.2, 0.25) is 5.04 Å². The highest BCUT2D eigenvalue weighted by Crippen LogP contribution is 2.71. The third-order valence-corrected chi connectivity index (χ3v) is 7.87. The fraction of sp³-hybridized carbons (Fsp3) is 0.778. The molecule has 14 heteroatoms. The molecule has 1 nitrogen and oxygen atoms in total. The van der Waals surface area contributed by atoms with Gasteiger partial charge in [0.1, 0.15) is 0 Å². The Hall–Kier alpha value is -0.563. The van der Waals surface area contributed by atoms with Crippen LogP contribution in [0.5, 0.6) is 0 Å². The van der Waals surface area contributed by atoms with Crippen molar-refractivity contribution in [3.63, 3.8) is 0 Å². The number of halogens is 12. The van der Waals surface area contributed by atoms with Crippen LogP contribution in [0, 0.1) is 0 Å². The summed E-state index contributed by atoms with van der Waals surface area (Å²) in [5.74, 6) is -5.82. The molecule has 1 atom stereocenters. The molecule has 0 heterocycles. The van der Waals surface area contributed by atoms with Gasteiger partial charge in [0.25, 0.3) is 11.0 Å². The van der Waals surface area contributed by atoms with Crippen molar-refractivity contribution in [3.8, 4) is 0 Å². The first-order valence-corrected chi connectivity index (χ1v) is 8.39. The Morgan fingerprint density at radius 3 is 1.43 bits per heavy atom. The van der Waals surface area contributed by atoms with Gasteiger partial charge in [0.05, 0.1) is 0 Å². The topological polar surface area (TPSA) is 9.23 Å². The minimum atomic E-state index is -7.17. The van der Waals surface area contributed by atoms with Crippen LogP contribution in [0.3, 0.4) is 0 Å². The largest absolute Gasteiger partial charge is 0.410 e. The van der Waals surface area contributed by atoms with Crippen molar-refractivity contribution in [3.05, 3.63) is 11.5 Å². The van der Waals surface area contributed by atoms with Crippen molar-refractivity contribution in [1.29, 1.82) is 0 Å². The van der Waals surface area contributed by atoms with Gasteiger partial charge in [0.2, 0.25) is 0 Å². The van der Waals surface area contributed by atoms with Crippen LogP contribution in [0.15, 0.2) is 11.5 Å². The molecule has 0 saturated heterocycles. The second-order valence-corrected chi connectivity index (χ2v) is 8.50. The van der Waals surface area contributed by atoms with E-state index in [4.69, 9.17) is 11.1 Å². The summed E-state index contributed by atoms with van der Waals surface area (Å²) >= 11 is 4.85. The lowest BCUT2D eigenvalue weighted by Crippen LogP contribution is -2.68. The van der Waals surface area contributed by atoms with Crippen LogP contribution >= 0.6 is 11.1 Å². The standard InChI is InChI=1S/C9H8ClF11OSi/c1-3-22-23(10,5(13)4(11)12)7(6(2,14)15,8(16,17)18)9(19,20)21/h3H2,1-2H3. The lowest BCUT2D eigenvalue weighted by Gasteiger charge is -2.47. The zero-order valence-electron chi connectivity index (χ0n) is 11.2. The lowest BCUT2D eigenvalue weighted by molar-refractivity contribution is -0.327. The monoisotopic (exact) mass is 404 g/mol. The summed E-state index contributed by atoms with van der Waals surface area (Å²) in [6, 6.07) is 0. The second kappa shape index (κ2) is 6.39. The molecule has 0 rings (SSSR count). The summed E-state index contributed by atoms with van der Waals surface area (Å²) in [5.41, 5.74) is -3.47. The highest BCUT2D eigenvalue weighted by Gasteiger charge is 2.92. The molecule has 138 valence electrons. The van der Waals surface area contributed by atoms with Gasteiger partial charge >= 0.3 is 26.1 Å². The molecule has 0 aliphatic heterocycles. The van der Waals surface area contributed by atoms with Gasteiger partial charge in [-0.05, 0) is 6.92 Å². The molecule has 0 radical (unpaired) electrons. The number of rotatable bonds is 5. The first kappa shape index (κ1) is 22.4. The molecular weight excluding hydrogens is 397 g/mol. The summed E-state index contributed by atoms with van der Waals surface area (Å²) in [4.78, 5) is 0. The molecule has 0 bridgehead atoms. The Morgan fingerprint density at radius 1 is 0.913 bits per heavy atom. The normalized spacial score (nSPS) is 17.0. The van der Waals surface area contributed by atoms with Gasteiger partial charge in [-0.1, -0.05) is 0 Å². The van der Waals surface area contributed by atoms with Gasteiger partial charge in [0.15, 0.2) is 5.45 Å². The maximum Gasteiger partial charge on any atom is 0.410 e. The van der Waals surface area contributed by atoms with E-state index in [1.165, 1.54) is 0 Å². The average Bonchev–Trinajstić information content (AvgIpc) is 2.21. The molecule has 0 amide bonds. The summed E-state index contributed by atoms with van der Waals surface area (Å²) in [7, 11) is -7.17. The third kappa shape index (κ3) is 3.31. The van der Waals surface area contributed by atoms with E-state index in [-0.39, 0.29) is 0 Å². The zero-order chi connectivity index (χ0) is 19.1. The van der Waals surface area contributed by atoms with Gasteiger partial charge in [-0.2, -0.15) is 35.1 Å². The molecule has 0 aromatic rings. The van der Waals surface area contributed by atoms with Crippen molar-refractivity contribution in [1.82, 2.24) is 0 Å². The number of hydrogen-bond acceptors (Lipinski definition) is 1. The number of alkyl halides is 8. The second-order valence-electron chi connectivity index (χ2n) is 4.24. The highest BCUT2D eigenvalue weighted by atomic mass is 35.6. The molecule has 0 aliphatic carbocycles. The molecule has 0 aliphatic rings. The Bertz CT molecular complexity index is 426. The smallest absolute Gasteiger partial charge is 0.398 e. The SMILES string of the molecule is CCO[Si](Cl)(C(F)=C(F)F)C(C(C)(F)F)(C(F)(F)F)C(F)(F)F. The Kier molecular flexibility index (Phi) is 6.23. The highest BCUT2D eigenvalue weighted by molar-refractivity contribution is 7.22. The van der Waals surface area contributed by atoms with Crippen LogP contribution in [0.4, 0.5) is 48.3 Å². The van der Waals surface area contributed by atoms with Gasteiger partial charge in [-0.3, -0.25) is 0 Å². The number of hydrogen-bond donors (Lipinski definition) is 0. The van der Waals surface area contributed by atoms with E-state index in [1.807, 2.05) is 0 Å². The summed E-state index contributed by atoms with van der Waals surface area (Å²) < 4.78 is 147. The molecule has 1 unspecified atom stereocenters. The van der Waals surface area contributed by atoms with Crippen molar-refractivity contribution >= 4 is 18.7 Å². The first-order valence-electron chi connectivity index (χ1n) is 5.47. The van der Waals surface area contributed by atoms with Gasteiger partial charge in [0, 0.05) is 13.5 Å². The summed E-state index contributed by atoms with van der Waals surface area (Å²) in [6.45, 7) is -1.42. The zero-order valence-corrected chi connectivity index (χ0v) is 12.9. The predicted octanol–water partition coefficient (Wildman–Crippen LogP) is 5.84. The van der Waals surface area contributed by atoms with Crippen LogP contribution in [-0.4, -0.2) is 32.5 Å². The fourth-order valence-electron chi connectivity index (χ4n) is 1.96. The molecule has 0 spiro atoms. The molecule has 0 aromatic heterocycles. The third-order valence-electron chi connectivity index (χ3n) is 2.78. The van der Waals surface area contributed by atoms with Crippen molar-refractivity contribution in [2.75, 3.05) is 6.61 Å². The molecule has 0 N–H and O–H groups in total. The van der Waals surface area contributed by atoms with Crippen molar-refractivity contribution in [2.24, 2.45) is 0 Å². The summed E-state index contributed by atoms with van der Waals surface area (Å²) in [5, 5.41) is -6.34. The van der Waals surface area contributed by atoms with E-state index in [1.54, 1.807) is 0 Å².